The van der Waals surface area contributed by atoms with E-state index in [1.54, 1.807) is 0 Å². The summed E-state index contributed by atoms with van der Waals surface area (Å²) in [4.78, 5) is 14.0. The molecule has 1 fully saturated rings. The van der Waals surface area contributed by atoms with E-state index in [0.717, 1.165) is 19.5 Å². The molecule has 1 aliphatic rings. The number of nitrogens with zero attached hydrogens (tertiary/aromatic N) is 1. The first-order valence-electron chi connectivity index (χ1n) is 6.55. The molecular formula is C13H26N2O2. The van der Waals surface area contributed by atoms with Crippen LogP contribution in [0.1, 0.15) is 41.0 Å². The molecule has 0 aromatic carbocycles. The molecular weight excluding hydrogens is 216 g/mol. The van der Waals surface area contributed by atoms with Crippen molar-refractivity contribution in [2.45, 2.75) is 52.7 Å². The molecule has 0 unspecified atom stereocenters. The first-order valence-corrected chi connectivity index (χ1v) is 6.55. The average Bonchev–Trinajstić information content (AvgIpc) is 2.19. The van der Waals surface area contributed by atoms with Crippen LogP contribution in [-0.4, -0.2) is 42.3 Å². The van der Waals surface area contributed by atoms with Gasteiger partial charge < -0.3 is 15.0 Å². The number of carbonyl (C=O) groups excluding carboxylic acids is 1. The molecule has 0 aromatic rings. The first-order chi connectivity index (χ1) is 7.85. The maximum atomic E-state index is 12.1. The summed E-state index contributed by atoms with van der Waals surface area (Å²) in [5, 5.41) is 3.35. The van der Waals surface area contributed by atoms with Crippen LogP contribution in [0.4, 0.5) is 4.79 Å². The number of hydrogen-bond acceptors (Lipinski definition) is 3. The second-order valence-electron chi connectivity index (χ2n) is 5.80. The van der Waals surface area contributed by atoms with Gasteiger partial charge in [0, 0.05) is 13.1 Å². The van der Waals surface area contributed by atoms with Crippen molar-refractivity contribution in [3.8, 4) is 0 Å². The van der Waals surface area contributed by atoms with Crippen molar-refractivity contribution in [1.29, 1.82) is 0 Å². The fourth-order valence-corrected chi connectivity index (χ4v) is 2.21. The Morgan fingerprint density at radius 2 is 2.12 bits per heavy atom. The average molecular weight is 242 g/mol. The number of rotatable bonds is 2. The Hall–Kier alpha value is -0.770. The summed E-state index contributed by atoms with van der Waals surface area (Å²) in [6, 6.07) is 0.253. The van der Waals surface area contributed by atoms with Crippen LogP contribution >= 0.6 is 0 Å². The number of piperidine rings is 1. The highest BCUT2D eigenvalue weighted by Crippen LogP contribution is 2.20. The first kappa shape index (κ1) is 14.3. The van der Waals surface area contributed by atoms with Crippen LogP contribution in [0.5, 0.6) is 0 Å². The quantitative estimate of drug-likeness (QED) is 0.807. The van der Waals surface area contributed by atoms with Crippen molar-refractivity contribution in [2.75, 3.05) is 19.6 Å². The summed E-state index contributed by atoms with van der Waals surface area (Å²) in [7, 11) is 0. The zero-order valence-electron chi connectivity index (χ0n) is 11.7. The molecule has 100 valence electrons. The molecule has 1 N–H and O–H groups in total. The minimum atomic E-state index is -0.421. The highest BCUT2D eigenvalue weighted by molar-refractivity contribution is 5.68. The van der Waals surface area contributed by atoms with Crippen molar-refractivity contribution >= 4 is 6.09 Å². The van der Waals surface area contributed by atoms with E-state index in [2.05, 4.69) is 12.2 Å². The van der Waals surface area contributed by atoms with E-state index in [1.807, 2.05) is 32.6 Å². The van der Waals surface area contributed by atoms with E-state index in [1.165, 1.54) is 0 Å². The molecule has 2 atom stereocenters. The summed E-state index contributed by atoms with van der Waals surface area (Å²) in [6.45, 7) is 12.5. The summed E-state index contributed by atoms with van der Waals surface area (Å²) < 4.78 is 5.45. The largest absolute Gasteiger partial charge is 0.444 e. The Kier molecular flexibility index (Phi) is 4.80. The molecule has 0 aromatic heterocycles. The van der Waals surface area contributed by atoms with Gasteiger partial charge in [0.25, 0.3) is 0 Å². The maximum absolute atomic E-state index is 12.1. The molecule has 4 heteroatoms. The molecule has 1 heterocycles. The number of hydrogen-bond donors (Lipinski definition) is 1. The number of ether oxygens (including phenoxy) is 1. The molecule has 1 aliphatic heterocycles. The highest BCUT2D eigenvalue weighted by atomic mass is 16.6. The Morgan fingerprint density at radius 3 is 2.59 bits per heavy atom. The summed E-state index contributed by atoms with van der Waals surface area (Å²) in [5.74, 6) is 0.531. The van der Waals surface area contributed by atoms with Gasteiger partial charge >= 0.3 is 6.09 Å². The van der Waals surface area contributed by atoms with Gasteiger partial charge in [0.1, 0.15) is 5.60 Å². The third kappa shape index (κ3) is 4.19. The SMILES string of the molecule is CCN(C(=O)OC(C)(C)C)[C@H]1CNCC[C@@H]1C. The van der Waals surface area contributed by atoms with Gasteiger partial charge in [-0.3, -0.25) is 0 Å². The van der Waals surface area contributed by atoms with Crippen LogP contribution < -0.4 is 5.32 Å². The monoisotopic (exact) mass is 242 g/mol. The Labute approximate surface area is 105 Å². The smallest absolute Gasteiger partial charge is 0.410 e. The minimum Gasteiger partial charge on any atom is -0.444 e. The lowest BCUT2D eigenvalue weighted by atomic mass is 9.93. The summed E-state index contributed by atoms with van der Waals surface area (Å²) in [6.07, 6.45) is 0.921. The second-order valence-corrected chi connectivity index (χ2v) is 5.80. The third-order valence-corrected chi connectivity index (χ3v) is 3.16. The molecule has 0 saturated carbocycles. The fourth-order valence-electron chi connectivity index (χ4n) is 2.21. The van der Waals surface area contributed by atoms with E-state index in [0.29, 0.717) is 12.5 Å². The highest BCUT2D eigenvalue weighted by Gasteiger charge is 2.31. The van der Waals surface area contributed by atoms with Gasteiger partial charge in [0.15, 0.2) is 0 Å². The molecule has 1 saturated heterocycles. The Morgan fingerprint density at radius 1 is 1.47 bits per heavy atom. The molecule has 0 aliphatic carbocycles. The second kappa shape index (κ2) is 5.71. The Balaban J connectivity index is 2.66. The van der Waals surface area contributed by atoms with Crippen molar-refractivity contribution in [1.82, 2.24) is 10.2 Å². The normalized spacial score (nSPS) is 25.5. The molecule has 1 rings (SSSR count). The van der Waals surface area contributed by atoms with E-state index in [4.69, 9.17) is 4.74 Å². The van der Waals surface area contributed by atoms with E-state index >= 15 is 0 Å². The van der Waals surface area contributed by atoms with Gasteiger partial charge in [-0.2, -0.15) is 0 Å². The molecule has 17 heavy (non-hydrogen) atoms. The predicted molar refractivity (Wildman–Crippen MR) is 69.1 cm³/mol. The van der Waals surface area contributed by atoms with E-state index in [-0.39, 0.29) is 12.1 Å². The maximum Gasteiger partial charge on any atom is 0.410 e. The summed E-state index contributed by atoms with van der Waals surface area (Å²) >= 11 is 0. The number of amides is 1. The van der Waals surface area contributed by atoms with Crippen LogP contribution in [-0.2, 0) is 4.74 Å². The molecule has 0 radical (unpaired) electrons. The third-order valence-electron chi connectivity index (χ3n) is 3.16. The van der Waals surface area contributed by atoms with Crippen LogP contribution in [0.15, 0.2) is 0 Å². The van der Waals surface area contributed by atoms with Gasteiger partial charge in [0.2, 0.25) is 0 Å². The van der Waals surface area contributed by atoms with Crippen LogP contribution in [0.2, 0.25) is 0 Å². The molecule has 4 nitrogen and oxygen atoms in total. The zero-order chi connectivity index (χ0) is 13.1. The minimum absolute atomic E-state index is 0.194. The number of nitrogens with one attached hydrogen (secondary N) is 1. The molecule has 1 amide bonds. The van der Waals surface area contributed by atoms with Crippen molar-refractivity contribution in [2.24, 2.45) is 5.92 Å². The van der Waals surface area contributed by atoms with Gasteiger partial charge in [-0.1, -0.05) is 6.92 Å². The van der Waals surface area contributed by atoms with Gasteiger partial charge in [-0.25, -0.2) is 4.79 Å². The predicted octanol–water partition coefficient (Wildman–Crippen LogP) is 2.24. The molecule has 0 spiro atoms. The topological polar surface area (TPSA) is 41.6 Å². The fraction of sp³-hybridized carbons (Fsp3) is 0.923. The Bertz CT molecular complexity index is 261. The van der Waals surface area contributed by atoms with Gasteiger partial charge in [0.05, 0.1) is 6.04 Å². The van der Waals surface area contributed by atoms with Crippen molar-refractivity contribution in [3.05, 3.63) is 0 Å². The molecule has 0 bridgehead atoms. The lowest BCUT2D eigenvalue weighted by Gasteiger charge is -2.38. The number of carbonyl (C=O) groups is 1. The van der Waals surface area contributed by atoms with Crippen LogP contribution in [0.25, 0.3) is 0 Å². The van der Waals surface area contributed by atoms with E-state index in [9.17, 15) is 4.79 Å². The van der Waals surface area contributed by atoms with Gasteiger partial charge in [-0.15, -0.1) is 0 Å². The summed E-state index contributed by atoms with van der Waals surface area (Å²) in [5.41, 5.74) is -0.421. The lowest BCUT2D eigenvalue weighted by Crippen LogP contribution is -2.53. The number of likely N-dealkylation sites (N-methyl/N-ethyl adjacent to an activating group) is 1. The van der Waals surface area contributed by atoms with Gasteiger partial charge in [-0.05, 0) is 46.6 Å². The van der Waals surface area contributed by atoms with Crippen LogP contribution in [0, 0.1) is 5.92 Å². The van der Waals surface area contributed by atoms with E-state index < -0.39 is 5.60 Å². The van der Waals surface area contributed by atoms with Crippen molar-refractivity contribution < 1.29 is 9.53 Å². The standard InChI is InChI=1S/C13H26N2O2/c1-6-15(12(16)17-13(3,4)5)11-9-14-8-7-10(11)2/h10-11,14H,6-9H2,1-5H3/t10-,11-/m0/s1. The lowest BCUT2D eigenvalue weighted by molar-refractivity contribution is 0.00886. The van der Waals surface area contributed by atoms with Crippen LogP contribution in [0.3, 0.4) is 0 Å². The van der Waals surface area contributed by atoms with Crippen molar-refractivity contribution in [3.63, 3.8) is 0 Å². The zero-order valence-corrected chi connectivity index (χ0v) is 11.7.